The van der Waals surface area contributed by atoms with Crippen molar-refractivity contribution in [2.75, 3.05) is 6.54 Å². The molecule has 3 N–H and O–H groups in total. The van der Waals surface area contributed by atoms with Gasteiger partial charge in [-0.3, -0.25) is 9.59 Å². The number of rotatable bonds is 7. The van der Waals surface area contributed by atoms with Gasteiger partial charge in [0.15, 0.2) is 6.10 Å². The summed E-state index contributed by atoms with van der Waals surface area (Å²) in [6.45, 7) is 3.80. The number of benzene rings is 1. The van der Waals surface area contributed by atoms with E-state index in [2.05, 4.69) is 26.9 Å². The Labute approximate surface area is 191 Å². The van der Waals surface area contributed by atoms with Gasteiger partial charge in [-0.2, -0.15) is 0 Å². The minimum absolute atomic E-state index is 0.0522. The first kappa shape index (κ1) is 24.3. The molecule has 2 heterocycles. The molecule has 2 amide bonds. The summed E-state index contributed by atoms with van der Waals surface area (Å²) in [5.74, 6) is -1.31. The van der Waals surface area contributed by atoms with Crippen molar-refractivity contribution >= 4 is 23.4 Å². The van der Waals surface area contributed by atoms with E-state index in [4.69, 9.17) is 16.3 Å². The predicted octanol–water partition coefficient (Wildman–Crippen LogP) is 3.27. The highest BCUT2D eigenvalue weighted by molar-refractivity contribution is 6.30. The molecule has 0 bridgehead atoms. The summed E-state index contributed by atoms with van der Waals surface area (Å²) < 4.78 is 45.8. The van der Waals surface area contributed by atoms with Crippen LogP contribution in [0.2, 0.25) is 5.02 Å². The van der Waals surface area contributed by atoms with Crippen LogP contribution in [0, 0.1) is 0 Å². The highest BCUT2D eigenvalue weighted by Crippen LogP contribution is 2.36. The fraction of sp³-hybridized carbons (Fsp3) is 0.286. The van der Waals surface area contributed by atoms with Crippen LogP contribution in [0.4, 0.5) is 13.2 Å². The zero-order valence-electron chi connectivity index (χ0n) is 17.0. The Kier molecular flexibility index (Phi) is 7.44. The first-order chi connectivity index (χ1) is 15.5. The molecule has 0 unspecified atom stereocenters. The monoisotopic (exact) mass is 485 g/mol. The third kappa shape index (κ3) is 6.83. The van der Waals surface area contributed by atoms with Crippen molar-refractivity contribution < 1.29 is 37.3 Å². The number of aliphatic hydroxyl groups excluding tert-OH is 1. The molecule has 1 aliphatic rings. The molecule has 0 saturated heterocycles. The number of nitrogens with zero attached hydrogens (tertiary/aromatic N) is 1. The van der Waals surface area contributed by atoms with Gasteiger partial charge in [-0.1, -0.05) is 18.2 Å². The molecular weight excluding hydrogens is 467 g/mol. The van der Waals surface area contributed by atoms with Crippen molar-refractivity contribution in [1.82, 2.24) is 15.6 Å². The number of amides is 2. The van der Waals surface area contributed by atoms with Gasteiger partial charge in [0, 0.05) is 35.7 Å². The van der Waals surface area contributed by atoms with Crippen LogP contribution in [0.15, 0.2) is 48.8 Å². The van der Waals surface area contributed by atoms with Gasteiger partial charge in [-0.05, 0) is 30.3 Å². The van der Waals surface area contributed by atoms with Gasteiger partial charge in [-0.25, -0.2) is 4.98 Å². The molecule has 1 aliphatic heterocycles. The van der Waals surface area contributed by atoms with Crippen molar-refractivity contribution in [3.63, 3.8) is 0 Å². The van der Waals surface area contributed by atoms with E-state index in [0.29, 0.717) is 16.3 Å². The van der Waals surface area contributed by atoms with Crippen molar-refractivity contribution in [1.29, 1.82) is 0 Å². The lowest BCUT2D eigenvalue weighted by molar-refractivity contribution is -0.274. The van der Waals surface area contributed by atoms with Crippen LogP contribution in [-0.4, -0.2) is 40.9 Å². The molecule has 0 saturated carbocycles. The molecule has 2 atom stereocenters. The zero-order chi connectivity index (χ0) is 24.2. The van der Waals surface area contributed by atoms with E-state index in [1.54, 1.807) is 18.2 Å². The second-order valence-electron chi connectivity index (χ2n) is 7.07. The van der Waals surface area contributed by atoms with Crippen LogP contribution >= 0.6 is 11.6 Å². The lowest BCUT2D eigenvalue weighted by Crippen LogP contribution is -2.42. The number of alkyl halides is 3. The van der Waals surface area contributed by atoms with Crippen LogP contribution in [-0.2, 0) is 4.79 Å². The van der Waals surface area contributed by atoms with Crippen LogP contribution in [0.1, 0.15) is 35.0 Å². The van der Waals surface area contributed by atoms with Crippen molar-refractivity contribution in [3.05, 3.63) is 65.1 Å². The third-order valence-electron chi connectivity index (χ3n) is 4.55. The zero-order valence-corrected chi connectivity index (χ0v) is 17.7. The minimum Gasteiger partial charge on any atom is -0.480 e. The number of ether oxygens (including phenoxy) is 2. The van der Waals surface area contributed by atoms with E-state index >= 15 is 0 Å². The van der Waals surface area contributed by atoms with E-state index in [-0.39, 0.29) is 30.8 Å². The summed E-state index contributed by atoms with van der Waals surface area (Å²) in [4.78, 5) is 28.1. The summed E-state index contributed by atoms with van der Waals surface area (Å²) in [7, 11) is 0. The van der Waals surface area contributed by atoms with Crippen molar-refractivity contribution in [2.45, 2.75) is 31.4 Å². The first-order valence-corrected chi connectivity index (χ1v) is 10.0. The molecule has 12 heteroatoms. The standard InChI is InChI=1S/C21H19ClF3N3O5/c1-11(28-19(30)15-4-3-13(10-27-15)33-21(23,24)25)6-7-26-20(31)18-9-16(29)14-8-12(22)2-5-17(14)32-18/h2-5,8,10,16,18,29H,1,6-7,9H2,(H,26,31)(H,28,30)/t16-,18-/m1/s1. The second kappa shape index (κ2) is 10.1. The van der Waals surface area contributed by atoms with E-state index < -0.39 is 36.1 Å². The fourth-order valence-electron chi connectivity index (χ4n) is 3.02. The van der Waals surface area contributed by atoms with Crippen LogP contribution < -0.4 is 20.1 Å². The maximum atomic E-state index is 12.4. The number of fused-ring (bicyclic) bond motifs is 1. The average molecular weight is 486 g/mol. The molecule has 33 heavy (non-hydrogen) atoms. The molecule has 176 valence electrons. The van der Waals surface area contributed by atoms with Crippen molar-refractivity contribution in [2.24, 2.45) is 0 Å². The maximum Gasteiger partial charge on any atom is 0.573 e. The lowest BCUT2D eigenvalue weighted by atomic mass is 9.98. The van der Waals surface area contributed by atoms with Crippen LogP contribution in [0.3, 0.4) is 0 Å². The Balaban J connectivity index is 1.44. The van der Waals surface area contributed by atoms with Crippen molar-refractivity contribution in [3.8, 4) is 11.5 Å². The lowest BCUT2D eigenvalue weighted by Gasteiger charge is -2.29. The minimum atomic E-state index is -4.86. The topological polar surface area (TPSA) is 110 Å². The predicted molar refractivity (Wildman–Crippen MR) is 111 cm³/mol. The molecular formula is C21H19ClF3N3O5. The van der Waals surface area contributed by atoms with Gasteiger partial charge in [0.05, 0.1) is 12.3 Å². The van der Waals surface area contributed by atoms with E-state index in [1.165, 1.54) is 0 Å². The Morgan fingerprint density at radius 2 is 2.06 bits per heavy atom. The highest BCUT2D eigenvalue weighted by Gasteiger charge is 2.32. The molecule has 0 radical (unpaired) electrons. The van der Waals surface area contributed by atoms with Crippen LogP contribution in [0.5, 0.6) is 11.5 Å². The summed E-state index contributed by atoms with van der Waals surface area (Å²) >= 11 is 5.91. The number of halogens is 4. The number of hydrogen-bond donors (Lipinski definition) is 3. The third-order valence-corrected chi connectivity index (χ3v) is 4.78. The SMILES string of the molecule is C=C(CCNC(=O)[C@H]1C[C@@H](O)c2cc(Cl)ccc2O1)NC(=O)c1ccc(OC(F)(F)F)cn1. The molecule has 0 spiro atoms. The number of aromatic nitrogens is 1. The molecule has 0 aliphatic carbocycles. The normalized spacial score (nSPS) is 17.4. The Hall–Kier alpha value is -3.31. The van der Waals surface area contributed by atoms with Gasteiger partial charge in [-0.15, -0.1) is 13.2 Å². The smallest absolute Gasteiger partial charge is 0.480 e. The number of hydrogen-bond acceptors (Lipinski definition) is 6. The number of carbonyl (C=O) groups excluding carboxylic acids is 2. The van der Waals surface area contributed by atoms with Gasteiger partial charge in [0.2, 0.25) is 0 Å². The fourth-order valence-corrected chi connectivity index (χ4v) is 3.21. The summed E-state index contributed by atoms with van der Waals surface area (Å²) in [6.07, 6.45) is -5.67. The molecule has 1 aromatic carbocycles. The second-order valence-corrected chi connectivity index (χ2v) is 7.50. The number of pyridine rings is 1. The quantitative estimate of drug-likeness (QED) is 0.555. The average Bonchev–Trinajstić information content (AvgIpc) is 2.73. The van der Waals surface area contributed by atoms with E-state index in [9.17, 15) is 27.9 Å². The number of aliphatic hydroxyl groups is 1. The molecule has 2 aromatic rings. The van der Waals surface area contributed by atoms with E-state index in [0.717, 1.165) is 18.3 Å². The summed E-state index contributed by atoms with van der Waals surface area (Å²) in [5, 5.41) is 15.8. The Morgan fingerprint density at radius 3 is 2.73 bits per heavy atom. The molecule has 8 nitrogen and oxygen atoms in total. The van der Waals surface area contributed by atoms with Crippen LogP contribution in [0.25, 0.3) is 0 Å². The first-order valence-electron chi connectivity index (χ1n) is 9.64. The molecule has 3 rings (SSSR count). The number of nitrogens with one attached hydrogen (secondary N) is 2. The number of carbonyl (C=O) groups is 2. The molecule has 1 aromatic heterocycles. The Morgan fingerprint density at radius 1 is 1.30 bits per heavy atom. The molecule has 0 fully saturated rings. The van der Waals surface area contributed by atoms with Gasteiger partial charge in [0.25, 0.3) is 11.8 Å². The van der Waals surface area contributed by atoms with Gasteiger partial charge < -0.3 is 25.2 Å². The summed E-state index contributed by atoms with van der Waals surface area (Å²) in [5.41, 5.74) is 0.620. The maximum absolute atomic E-state index is 12.4. The highest BCUT2D eigenvalue weighted by atomic mass is 35.5. The van der Waals surface area contributed by atoms with Gasteiger partial charge >= 0.3 is 6.36 Å². The van der Waals surface area contributed by atoms with Gasteiger partial charge in [0.1, 0.15) is 17.2 Å². The Bertz CT molecular complexity index is 1050. The van der Waals surface area contributed by atoms with E-state index in [1.807, 2.05) is 0 Å². The largest absolute Gasteiger partial charge is 0.573 e. The summed E-state index contributed by atoms with van der Waals surface area (Å²) in [6, 6.07) is 6.78.